The van der Waals surface area contributed by atoms with Crippen LogP contribution in [0.15, 0.2) is 12.1 Å². The van der Waals surface area contributed by atoms with Crippen LogP contribution in [-0.2, 0) is 7.05 Å². The van der Waals surface area contributed by atoms with E-state index < -0.39 is 11.8 Å². The quantitative estimate of drug-likeness (QED) is 0.688. The number of benzene rings is 1. The number of ether oxygens (including phenoxy) is 1. The van der Waals surface area contributed by atoms with Gasteiger partial charge in [-0.05, 0) is 29.3 Å². The molecule has 0 spiro atoms. The van der Waals surface area contributed by atoms with E-state index in [0.29, 0.717) is 29.4 Å². The Balaban J connectivity index is 2.15. The number of carboxylic acids is 1. The first-order valence-corrected chi connectivity index (χ1v) is 8.99. The highest BCUT2D eigenvalue weighted by Crippen LogP contribution is 2.37. The van der Waals surface area contributed by atoms with E-state index in [1.54, 1.807) is 20.0 Å². The Labute approximate surface area is 158 Å². The summed E-state index contributed by atoms with van der Waals surface area (Å²) < 4.78 is 22.0. The van der Waals surface area contributed by atoms with E-state index in [1.165, 1.54) is 10.7 Å². The third-order valence-corrected chi connectivity index (χ3v) is 4.90. The second kappa shape index (κ2) is 7.39. The Hall–Kier alpha value is -2.88. The summed E-state index contributed by atoms with van der Waals surface area (Å²) in [4.78, 5) is 15.6. The Kier molecular flexibility index (Phi) is 5.17. The van der Waals surface area contributed by atoms with Crippen LogP contribution in [0.2, 0.25) is 0 Å². The van der Waals surface area contributed by atoms with Crippen molar-refractivity contribution in [2.45, 2.75) is 20.8 Å². The lowest BCUT2D eigenvalue weighted by Crippen LogP contribution is -2.07. The summed E-state index contributed by atoms with van der Waals surface area (Å²) in [6.45, 7) is 5.95. The molecule has 1 aromatic carbocycles. The van der Waals surface area contributed by atoms with E-state index in [-0.39, 0.29) is 21.4 Å². The molecule has 0 aliphatic carbocycles. The zero-order chi connectivity index (χ0) is 19.7. The number of aromatic nitrogens is 5. The van der Waals surface area contributed by atoms with Crippen LogP contribution in [0.1, 0.15) is 29.2 Å². The maximum absolute atomic E-state index is 14.8. The second-order valence-corrected chi connectivity index (χ2v) is 7.40. The Morgan fingerprint density at radius 2 is 2.11 bits per heavy atom. The van der Waals surface area contributed by atoms with Gasteiger partial charge in [0.1, 0.15) is 21.5 Å². The van der Waals surface area contributed by atoms with Gasteiger partial charge in [0, 0.05) is 18.7 Å². The van der Waals surface area contributed by atoms with Crippen molar-refractivity contribution in [3.63, 3.8) is 0 Å². The van der Waals surface area contributed by atoms with Crippen molar-refractivity contribution >= 4 is 17.3 Å². The maximum Gasteiger partial charge on any atom is 0.347 e. The van der Waals surface area contributed by atoms with Crippen LogP contribution < -0.4 is 4.74 Å². The molecule has 0 saturated carbocycles. The van der Waals surface area contributed by atoms with Crippen molar-refractivity contribution in [2.24, 2.45) is 13.0 Å². The molecule has 0 fully saturated rings. The number of carbonyl (C=O) groups is 1. The standard InChI is InChI=1S/C17H18FN5O3S/c1-8(2)7-26-13-6-12(18)10(5-11(13)15-20-21-22-23(15)4)16-19-9(3)14(27-16)17(24)25/h5-6,8H,7H2,1-4H3,(H,24,25). The number of hydrogen-bond acceptors (Lipinski definition) is 7. The van der Waals surface area contributed by atoms with Gasteiger partial charge in [-0.1, -0.05) is 13.8 Å². The number of nitrogens with zero attached hydrogens (tertiary/aromatic N) is 5. The second-order valence-electron chi connectivity index (χ2n) is 6.40. The summed E-state index contributed by atoms with van der Waals surface area (Å²) in [5.74, 6) is -0.682. The molecule has 142 valence electrons. The van der Waals surface area contributed by atoms with Gasteiger partial charge in [0.2, 0.25) is 0 Å². The molecule has 3 rings (SSSR count). The lowest BCUT2D eigenvalue weighted by Gasteiger charge is -2.14. The lowest BCUT2D eigenvalue weighted by molar-refractivity contribution is 0.0701. The molecule has 3 aromatic rings. The predicted octanol–water partition coefficient (Wildman–Crippen LogP) is 3.18. The molecule has 0 atom stereocenters. The van der Waals surface area contributed by atoms with E-state index in [1.807, 2.05) is 13.8 Å². The van der Waals surface area contributed by atoms with Crippen molar-refractivity contribution in [1.29, 1.82) is 0 Å². The molecule has 0 aliphatic heterocycles. The topological polar surface area (TPSA) is 103 Å². The maximum atomic E-state index is 14.8. The van der Waals surface area contributed by atoms with Gasteiger partial charge in [0.15, 0.2) is 5.82 Å². The van der Waals surface area contributed by atoms with Gasteiger partial charge < -0.3 is 9.84 Å². The monoisotopic (exact) mass is 391 g/mol. The van der Waals surface area contributed by atoms with Crippen LogP contribution in [0.25, 0.3) is 22.0 Å². The van der Waals surface area contributed by atoms with Crippen molar-refractivity contribution in [2.75, 3.05) is 6.61 Å². The number of hydrogen-bond donors (Lipinski definition) is 1. The van der Waals surface area contributed by atoms with Crippen LogP contribution in [0.3, 0.4) is 0 Å². The first-order chi connectivity index (χ1) is 12.8. The van der Waals surface area contributed by atoms with Gasteiger partial charge in [-0.15, -0.1) is 16.4 Å². The zero-order valence-corrected chi connectivity index (χ0v) is 16.0. The fourth-order valence-electron chi connectivity index (χ4n) is 2.44. The summed E-state index contributed by atoms with van der Waals surface area (Å²) >= 11 is 0.919. The summed E-state index contributed by atoms with van der Waals surface area (Å²) in [6.07, 6.45) is 0. The summed E-state index contributed by atoms with van der Waals surface area (Å²) in [5.41, 5.74) is 1.01. The number of thiazole rings is 1. The third kappa shape index (κ3) is 3.80. The van der Waals surface area contributed by atoms with Crippen LogP contribution in [0.5, 0.6) is 5.75 Å². The molecule has 2 aromatic heterocycles. The number of carboxylic acid groups (broad SMARTS) is 1. The van der Waals surface area contributed by atoms with E-state index in [0.717, 1.165) is 11.3 Å². The zero-order valence-electron chi connectivity index (χ0n) is 15.2. The van der Waals surface area contributed by atoms with Crippen molar-refractivity contribution in [3.05, 3.63) is 28.5 Å². The summed E-state index contributed by atoms with van der Waals surface area (Å²) in [7, 11) is 1.67. The average molecular weight is 391 g/mol. The van der Waals surface area contributed by atoms with Gasteiger partial charge in [-0.25, -0.2) is 18.9 Å². The van der Waals surface area contributed by atoms with Crippen molar-refractivity contribution < 1.29 is 19.0 Å². The molecule has 8 nitrogen and oxygen atoms in total. The van der Waals surface area contributed by atoms with Crippen LogP contribution in [0, 0.1) is 18.7 Å². The minimum Gasteiger partial charge on any atom is -0.492 e. The van der Waals surface area contributed by atoms with Gasteiger partial charge in [-0.3, -0.25) is 0 Å². The predicted molar refractivity (Wildman–Crippen MR) is 97.3 cm³/mol. The van der Waals surface area contributed by atoms with Gasteiger partial charge in [0.05, 0.1) is 17.9 Å². The van der Waals surface area contributed by atoms with Crippen LogP contribution in [-0.4, -0.2) is 42.9 Å². The molecule has 0 unspecified atom stereocenters. The number of aromatic carboxylic acids is 1. The molecule has 27 heavy (non-hydrogen) atoms. The highest BCUT2D eigenvalue weighted by Gasteiger charge is 2.22. The number of aryl methyl sites for hydroxylation is 2. The smallest absolute Gasteiger partial charge is 0.347 e. The van der Waals surface area contributed by atoms with Crippen LogP contribution >= 0.6 is 11.3 Å². The number of halogens is 1. The van der Waals surface area contributed by atoms with Crippen LogP contribution in [0.4, 0.5) is 4.39 Å². The summed E-state index contributed by atoms with van der Waals surface area (Å²) in [6, 6.07) is 2.81. The lowest BCUT2D eigenvalue weighted by atomic mass is 10.1. The van der Waals surface area contributed by atoms with Crippen molar-refractivity contribution in [3.8, 4) is 27.7 Å². The fourth-order valence-corrected chi connectivity index (χ4v) is 3.36. The molecular formula is C17H18FN5O3S. The molecule has 10 heteroatoms. The third-order valence-electron chi connectivity index (χ3n) is 3.72. The molecule has 0 aliphatic rings. The molecule has 0 bridgehead atoms. The van der Waals surface area contributed by atoms with E-state index in [9.17, 15) is 14.3 Å². The minimum absolute atomic E-state index is 0.0754. The minimum atomic E-state index is -1.09. The fraction of sp³-hybridized carbons (Fsp3) is 0.353. The number of tetrazole rings is 1. The van der Waals surface area contributed by atoms with Gasteiger partial charge in [0.25, 0.3) is 0 Å². The largest absolute Gasteiger partial charge is 0.492 e. The molecule has 2 heterocycles. The Morgan fingerprint density at radius 1 is 1.37 bits per heavy atom. The highest BCUT2D eigenvalue weighted by molar-refractivity contribution is 7.17. The molecular weight excluding hydrogens is 373 g/mol. The van der Waals surface area contributed by atoms with E-state index >= 15 is 0 Å². The van der Waals surface area contributed by atoms with Gasteiger partial charge >= 0.3 is 5.97 Å². The Morgan fingerprint density at radius 3 is 2.67 bits per heavy atom. The first-order valence-electron chi connectivity index (χ1n) is 8.18. The summed E-state index contributed by atoms with van der Waals surface area (Å²) in [5, 5.41) is 20.9. The van der Waals surface area contributed by atoms with E-state index in [2.05, 4.69) is 20.5 Å². The van der Waals surface area contributed by atoms with E-state index in [4.69, 9.17) is 4.74 Å². The molecule has 0 amide bonds. The SMILES string of the molecule is Cc1nc(-c2cc(-c3nnnn3C)c(OCC(C)C)cc2F)sc1C(=O)O. The highest BCUT2D eigenvalue weighted by atomic mass is 32.1. The van der Waals surface area contributed by atoms with Crippen molar-refractivity contribution in [1.82, 2.24) is 25.2 Å². The Bertz CT molecular complexity index is 999. The molecule has 0 radical (unpaired) electrons. The van der Waals surface area contributed by atoms with Gasteiger partial charge in [-0.2, -0.15) is 0 Å². The average Bonchev–Trinajstić information content (AvgIpc) is 3.18. The first kappa shape index (κ1) is 18.9. The normalized spacial score (nSPS) is 11.2. The number of rotatable bonds is 6. The molecule has 1 N–H and O–H groups in total. The molecule has 0 saturated heterocycles.